The molecule has 1 aliphatic heterocycles. The highest BCUT2D eigenvalue weighted by atomic mass is 35.5. The molecule has 8 nitrogen and oxygen atoms in total. The van der Waals surface area contributed by atoms with Gasteiger partial charge in [-0.1, -0.05) is 23.7 Å². The third-order valence-electron chi connectivity index (χ3n) is 4.84. The van der Waals surface area contributed by atoms with E-state index in [1.807, 2.05) is 11.0 Å². The summed E-state index contributed by atoms with van der Waals surface area (Å²) in [5.74, 6) is -0.0928. The smallest absolute Gasteiger partial charge is 0.286 e. The molecule has 0 saturated carbocycles. The summed E-state index contributed by atoms with van der Waals surface area (Å²) in [6.07, 6.45) is 2.37. The minimum Gasteiger partial charge on any atom is -0.459 e. The van der Waals surface area contributed by atoms with E-state index in [0.717, 1.165) is 0 Å². The Labute approximate surface area is 180 Å². The molecule has 1 aliphatic rings. The fourth-order valence-corrected chi connectivity index (χ4v) is 3.39. The molecular weight excluding hydrogens is 408 g/mol. The van der Waals surface area contributed by atoms with Gasteiger partial charge >= 0.3 is 0 Å². The van der Waals surface area contributed by atoms with E-state index >= 15 is 0 Å². The number of piperazine rings is 1. The van der Waals surface area contributed by atoms with Crippen LogP contribution in [0.5, 0.6) is 0 Å². The average Bonchev–Trinajstić information content (AvgIpc) is 3.28. The van der Waals surface area contributed by atoms with Gasteiger partial charge in [0.25, 0.3) is 5.91 Å². The largest absolute Gasteiger partial charge is 0.459 e. The zero-order valence-electron chi connectivity index (χ0n) is 16.6. The molecule has 2 heterocycles. The van der Waals surface area contributed by atoms with E-state index in [1.54, 1.807) is 35.2 Å². The second-order valence-corrected chi connectivity index (χ2v) is 7.43. The molecule has 1 aromatic carbocycles. The number of rotatable bonds is 8. The summed E-state index contributed by atoms with van der Waals surface area (Å²) in [5.41, 5.74) is 0.595. The van der Waals surface area contributed by atoms with E-state index in [-0.39, 0.29) is 30.0 Å². The molecule has 1 aromatic heterocycles. The van der Waals surface area contributed by atoms with Crippen LogP contribution in [0.25, 0.3) is 0 Å². The van der Waals surface area contributed by atoms with Crippen LogP contribution < -0.4 is 10.6 Å². The maximum Gasteiger partial charge on any atom is 0.286 e. The summed E-state index contributed by atoms with van der Waals surface area (Å²) in [5, 5.41) is 6.04. The number of halogens is 1. The van der Waals surface area contributed by atoms with Crippen molar-refractivity contribution in [1.29, 1.82) is 0 Å². The maximum absolute atomic E-state index is 12.4. The van der Waals surface area contributed by atoms with E-state index in [2.05, 4.69) is 10.6 Å². The molecule has 2 aromatic rings. The summed E-state index contributed by atoms with van der Waals surface area (Å²) in [4.78, 5) is 40.2. The number of amides is 3. The Hall–Kier alpha value is -2.84. The number of hydrogen-bond acceptors (Lipinski definition) is 5. The van der Waals surface area contributed by atoms with Gasteiger partial charge in [0.1, 0.15) is 0 Å². The van der Waals surface area contributed by atoms with Crippen molar-refractivity contribution >= 4 is 35.0 Å². The first-order valence-electron chi connectivity index (χ1n) is 9.89. The molecule has 3 amide bonds. The average molecular weight is 433 g/mol. The minimum absolute atomic E-state index is 0.0578. The van der Waals surface area contributed by atoms with Crippen LogP contribution in [0.2, 0.25) is 5.02 Å². The Bertz CT molecular complexity index is 864. The third-order valence-corrected chi connectivity index (χ3v) is 5.17. The standard InChI is InChI=1S/C21H25ClN4O4/c22-16-5-1-2-6-17(16)24-19(27)15-25-10-12-26(13-11-25)20(28)8-3-9-23-21(29)18-7-4-14-30-18/h1-2,4-7,14H,3,8-13,15H2,(H,23,29)(H,24,27). The van der Waals surface area contributed by atoms with Gasteiger partial charge < -0.3 is 20.0 Å². The Balaban J connectivity index is 1.31. The first-order valence-corrected chi connectivity index (χ1v) is 10.3. The van der Waals surface area contributed by atoms with Crippen molar-refractivity contribution in [1.82, 2.24) is 15.1 Å². The number of nitrogens with one attached hydrogen (secondary N) is 2. The number of carbonyl (C=O) groups is 3. The van der Waals surface area contributed by atoms with Gasteiger partial charge in [0.2, 0.25) is 11.8 Å². The lowest BCUT2D eigenvalue weighted by Gasteiger charge is -2.34. The van der Waals surface area contributed by atoms with Gasteiger partial charge in [-0.25, -0.2) is 0 Å². The number of furan rings is 1. The highest BCUT2D eigenvalue weighted by Crippen LogP contribution is 2.20. The Kier molecular flexibility index (Phi) is 7.87. The monoisotopic (exact) mass is 432 g/mol. The van der Waals surface area contributed by atoms with Crippen LogP contribution in [0.1, 0.15) is 23.4 Å². The van der Waals surface area contributed by atoms with Gasteiger partial charge in [0, 0.05) is 39.1 Å². The molecule has 160 valence electrons. The topological polar surface area (TPSA) is 94.9 Å². The molecule has 0 bridgehead atoms. The SMILES string of the molecule is O=C(CN1CCN(C(=O)CCCNC(=O)c2ccco2)CC1)Nc1ccccc1Cl. The lowest BCUT2D eigenvalue weighted by atomic mass is 10.2. The van der Waals surface area contributed by atoms with E-state index in [9.17, 15) is 14.4 Å². The van der Waals surface area contributed by atoms with E-state index in [1.165, 1.54) is 6.26 Å². The first-order chi connectivity index (χ1) is 14.5. The fraction of sp³-hybridized carbons (Fsp3) is 0.381. The van der Waals surface area contributed by atoms with E-state index in [4.69, 9.17) is 16.0 Å². The van der Waals surface area contributed by atoms with Crippen molar-refractivity contribution in [2.24, 2.45) is 0 Å². The van der Waals surface area contributed by atoms with Crippen molar-refractivity contribution in [3.63, 3.8) is 0 Å². The number of carbonyl (C=O) groups excluding carboxylic acids is 3. The summed E-state index contributed by atoms with van der Waals surface area (Å²) in [7, 11) is 0. The van der Waals surface area contributed by atoms with Gasteiger partial charge in [-0.2, -0.15) is 0 Å². The van der Waals surface area contributed by atoms with Gasteiger partial charge in [0.15, 0.2) is 5.76 Å². The number of anilines is 1. The normalized spacial score (nSPS) is 14.4. The highest BCUT2D eigenvalue weighted by Gasteiger charge is 2.22. The molecule has 1 fully saturated rings. The third kappa shape index (κ3) is 6.33. The molecule has 1 saturated heterocycles. The van der Waals surface area contributed by atoms with Gasteiger partial charge in [0.05, 0.1) is 23.5 Å². The fourth-order valence-electron chi connectivity index (χ4n) is 3.21. The van der Waals surface area contributed by atoms with Crippen LogP contribution in [-0.4, -0.2) is 66.8 Å². The molecule has 30 heavy (non-hydrogen) atoms. The predicted molar refractivity (Wildman–Crippen MR) is 113 cm³/mol. The van der Waals surface area contributed by atoms with Crippen LogP contribution in [0.4, 0.5) is 5.69 Å². The molecular formula is C21H25ClN4O4. The number of para-hydroxylation sites is 1. The van der Waals surface area contributed by atoms with Gasteiger partial charge in [-0.3, -0.25) is 19.3 Å². The van der Waals surface area contributed by atoms with E-state index < -0.39 is 0 Å². The zero-order valence-corrected chi connectivity index (χ0v) is 17.4. The minimum atomic E-state index is -0.281. The lowest BCUT2D eigenvalue weighted by Crippen LogP contribution is -2.50. The van der Waals surface area contributed by atoms with Gasteiger partial charge in [-0.05, 0) is 30.7 Å². The van der Waals surface area contributed by atoms with Crippen molar-refractivity contribution in [3.8, 4) is 0 Å². The predicted octanol–water partition coefficient (Wildman–Crippen LogP) is 2.23. The zero-order chi connectivity index (χ0) is 21.3. The number of hydrogen-bond donors (Lipinski definition) is 2. The first kappa shape index (κ1) is 21.9. The highest BCUT2D eigenvalue weighted by molar-refractivity contribution is 6.33. The Morgan fingerprint density at radius 1 is 1.03 bits per heavy atom. The molecule has 0 atom stereocenters. The number of nitrogens with zero attached hydrogens (tertiary/aromatic N) is 2. The molecule has 3 rings (SSSR count). The van der Waals surface area contributed by atoms with Crippen molar-refractivity contribution < 1.29 is 18.8 Å². The lowest BCUT2D eigenvalue weighted by molar-refractivity contribution is -0.133. The van der Waals surface area contributed by atoms with Gasteiger partial charge in [-0.15, -0.1) is 0 Å². The van der Waals surface area contributed by atoms with Crippen molar-refractivity contribution in [2.45, 2.75) is 12.8 Å². The van der Waals surface area contributed by atoms with Crippen LogP contribution in [0.15, 0.2) is 47.1 Å². The Morgan fingerprint density at radius 2 is 1.80 bits per heavy atom. The molecule has 0 unspecified atom stereocenters. The summed E-state index contributed by atoms with van der Waals surface area (Å²) < 4.78 is 5.02. The second kappa shape index (κ2) is 10.8. The molecule has 0 aliphatic carbocycles. The summed E-state index contributed by atoms with van der Waals surface area (Å²) in [6.45, 7) is 3.10. The second-order valence-electron chi connectivity index (χ2n) is 7.02. The maximum atomic E-state index is 12.4. The van der Waals surface area contributed by atoms with Crippen LogP contribution in [0.3, 0.4) is 0 Å². The molecule has 2 N–H and O–H groups in total. The Morgan fingerprint density at radius 3 is 2.50 bits per heavy atom. The van der Waals surface area contributed by atoms with Crippen LogP contribution in [-0.2, 0) is 9.59 Å². The van der Waals surface area contributed by atoms with Crippen molar-refractivity contribution in [2.75, 3.05) is 44.6 Å². The summed E-state index contributed by atoms with van der Waals surface area (Å²) >= 11 is 6.06. The molecule has 0 spiro atoms. The number of benzene rings is 1. The quantitative estimate of drug-likeness (QED) is 0.624. The molecule has 9 heteroatoms. The van der Waals surface area contributed by atoms with Crippen LogP contribution in [0, 0.1) is 0 Å². The summed E-state index contributed by atoms with van der Waals surface area (Å²) in [6, 6.07) is 10.3. The van der Waals surface area contributed by atoms with E-state index in [0.29, 0.717) is 56.3 Å². The molecule has 0 radical (unpaired) electrons. The van der Waals surface area contributed by atoms with Crippen LogP contribution >= 0.6 is 11.6 Å². The van der Waals surface area contributed by atoms with Crippen molar-refractivity contribution in [3.05, 3.63) is 53.4 Å².